The third-order valence-electron chi connectivity index (χ3n) is 17.9. The summed E-state index contributed by atoms with van der Waals surface area (Å²) in [6.07, 6.45) is -3.11. The van der Waals surface area contributed by atoms with Crippen LogP contribution in [-0.2, 0) is 23.7 Å². The molecule has 4 unspecified atom stereocenters. The summed E-state index contributed by atoms with van der Waals surface area (Å²) in [6, 6.07) is 0. The maximum Gasteiger partial charge on any atom is 0.226 e. The number of nitrogens with two attached hydrogens (primary N) is 1. The van der Waals surface area contributed by atoms with Crippen molar-refractivity contribution in [1.29, 1.82) is 0 Å². The summed E-state index contributed by atoms with van der Waals surface area (Å²) in [7, 11) is 0. The number of aliphatic hydroxyl groups is 6. The van der Waals surface area contributed by atoms with Gasteiger partial charge in [-0.05, 0) is 124 Å². The maximum absolute atomic E-state index is 14.1. The van der Waals surface area contributed by atoms with Gasteiger partial charge in [0.25, 0.3) is 0 Å². The topological polar surface area (TPSA) is 213 Å². The van der Waals surface area contributed by atoms with Gasteiger partial charge in [-0.3, -0.25) is 4.79 Å². The Morgan fingerprint density at radius 2 is 1.57 bits per heavy atom. The summed E-state index contributed by atoms with van der Waals surface area (Å²) in [6.45, 7) is 18.4. The highest BCUT2D eigenvalue weighted by Crippen LogP contribution is 2.77. The predicted octanol–water partition coefficient (Wildman–Crippen LogP) is 2.37. The monoisotopic (exact) mass is 793 g/mol. The van der Waals surface area contributed by atoms with Crippen LogP contribution in [0.2, 0.25) is 0 Å². The van der Waals surface area contributed by atoms with Crippen molar-refractivity contribution in [3.05, 3.63) is 12.2 Å². The molecule has 0 radical (unpaired) electrons. The van der Waals surface area contributed by atoms with Gasteiger partial charge in [0.15, 0.2) is 12.6 Å². The molecule has 9 N–H and O–H groups in total. The average Bonchev–Trinajstić information content (AvgIpc) is 3.57. The van der Waals surface area contributed by atoms with Crippen LogP contribution in [-0.4, -0.2) is 124 Å². The normalized spacial score (nSPS) is 54.3. The van der Waals surface area contributed by atoms with Crippen molar-refractivity contribution in [3.63, 3.8) is 0 Å². The lowest BCUT2D eigenvalue weighted by Gasteiger charge is -2.73. The number of aliphatic hydroxyl groups excluding tert-OH is 6. The highest BCUT2D eigenvalue weighted by atomic mass is 16.8. The summed E-state index contributed by atoms with van der Waals surface area (Å²) in [5.41, 5.74) is 5.93. The minimum atomic E-state index is -1.62. The van der Waals surface area contributed by atoms with Crippen LogP contribution in [0, 0.1) is 56.7 Å². The molecule has 13 nitrogen and oxygen atoms in total. The molecule has 13 heteroatoms. The Hall–Kier alpha value is -1.23. The van der Waals surface area contributed by atoms with Crippen molar-refractivity contribution in [2.45, 2.75) is 167 Å². The van der Waals surface area contributed by atoms with E-state index in [1.807, 2.05) is 0 Å². The Bertz CT molecular complexity index is 1470. The Morgan fingerprint density at radius 1 is 0.839 bits per heavy atom. The van der Waals surface area contributed by atoms with Crippen molar-refractivity contribution in [2.75, 3.05) is 26.3 Å². The number of allylic oxidation sites excluding steroid dienone is 1. The van der Waals surface area contributed by atoms with E-state index in [1.165, 1.54) is 5.57 Å². The minimum Gasteiger partial charge on any atom is -0.396 e. The van der Waals surface area contributed by atoms with Crippen molar-refractivity contribution < 1.29 is 54.4 Å². The van der Waals surface area contributed by atoms with Crippen molar-refractivity contribution in [2.24, 2.45) is 62.4 Å². The number of nitrogens with one attached hydrogen (secondary N) is 1. The first kappa shape index (κ1) is 42.9. The lowest BCUT2D eigenvalue weighted by atomic mass is 9.32. The Kier molecular flexibility index (Phi) is 11.8. The fourth-order valence-corrected chi connectivity index (χ4v) is 14.6. The Labute approximate surface area is 333 Å². The number of rotatable bonds is 9. The smallest absolute Gasteiger partial charge is 0.226 e. The van der Waals surface area contributed by atoms with Crippen LogP contribution in [0.5, 0.6) is 0 Å². The van der Waals surface area contributed by atoms with Gasteiger partial charge in [0, 0.05) is 18.5 Å². The zero-order valence-corrected chi connectivity index (χ0v) is 34.6. The van der Waals surface area contributed by atoms with Crippen LogP contribution in [0.1, 0.15) is 106 Å². The van der Waals surface area contributed by atoms with E-state index < -0.39 is 66.8 Å². The summed E-state index contributed by atoms with van der Waals surface area (Å²) in [5.74, 6) is 1.68. The van der Waals surface area contributed by atoms with E-state index in [4.69, 9.17) is 24.7 Å². The number of amides is 1. The van der Waals surface area contributed by atoms with Crippen LogP contribution >= 0.6 is 0 Å². The second-order valence-electron chi connectivity index (χ2n) is 20.3. The highest BCUT2D eigenvalue weighted by Gasteiger charge is 2.72. The van der Waals surface area contributed by atoms with Gasteiger partial charge in [0.05, 0.1) is 30.8 Å². The molecule has 0 spiro atoms. The molecule has 7 rings (SSSR count). The van der Waals surface area contributed by atoms with E-state index in [0.29, 0.717) is 37.3 Å². The summed E-state index contributed by atoms with van der Waals surface area (Å²) in [4.78, 5) is 14.1. The molecule has 7 fully saturated rings. The average molecular weight is 793 g/mol. The lowest BCUT2D eigenvalue weighted by molar-refractivity contribution is -0.366. The molecule has 20 atom stereocenters. The third kappa shape index (κ3) is 6.31. The molecule has 2 aliphatic heterocycles. The van der Waals surface area contributed by atoms with Gasteiger partial charge in [-0.15, -0.1) is 0 Å². The minimum absolute atomic E-state index is 0.0229. The molecular weight excluding hydrogens is 720 g/mol. The van der Waals surface area contributed by atoms with Gasteiger partial charge in [-0.25, -0.2) is 0 Å². The zero-order chi connectivity index (χ0) is 40.7. The van der Waals surface area contributed by atoms with Crippen LogP contribution < -0.4 is 11.1 Å². The van der Waals surface area contributed by atoms with Gasteiger partial charge in [-0.2, -0.15) is 0 Å². The van der Waals surface area contributed by atoms with Crippen LogP contribution in [0.4, 0.5) is 0 Å². The van der Waals surface area contributed by atoms with E-state index in [9.17, 15) is 35.4 Å². The SMILES string of the molecule is C=C(C)[C@@H]1CC[C@]2(C(=O)NCCN)CC[C@]3(C)C(CCC4[C@@]5(C)CC[C@H](O[C@@H]6OC[C@H](O)[C@H](O)[C@H]6O[C@@H]6O[C@@H](C)[C@H](O)[C@@H](O)[C@H]6O)[C@@](C)(CO)C5CC[C@]43C)C12. The van der Waals surface area contributed by atoms with Gasteiger partial charge >= 0.3 is 0 Å². The first-order valence-corrected chi connectivity index (χ1v) is 21.6. The summed E-state index contributed by atoms with van der Waals surface area (Å²) >= 11 is 0. The van der Waals surface area contributed by atoms with E-state index in [-0.39, 0.29) is 52.6 Å². The van der Waals surface area contributed by atoms with Gasteiger partial charge in [0.2, 0.25) is 5.91 Å². The van der Waals surface area contributed by atoms with Crippen LogP contribution in [0.3, 0.4) is 0 Å². The fraction of sp³-hybridized carbons (Fsp3) is 0.930. The van der Waals surface area contributed by atoms with E-state index in [2.05, 4.69) is 46.5 Å². The second-order valence-corrected chi connectivity index (χ2v) is 20.3. The third-order valence-corrected chi connectivity index (χ3v) is 17.9. The van der Waals surface area contributed by atoms with Crippen molar-refractivity contribution in [3.8, 4) is 0 Å². The molecular formula is C43H72N2O11. The number of fused-ring (bicyclic) bond motifs is 7. The molecule has 5 aliphatic carbocycles. The van der Waals surface area contributed by atoms with Crippen LogP contribution in [0.25, 0.3) is 0 Å². The first-order chi connectivity index (χ1) is 26.3. The van der Waals surface area contributed by atoms with Gasteiger partial charge < -0.3 is 60.6 Å². The molecule has 0 aromatic rings. The standard InChI is InChI=1S/C43H72N2O11/c1-22(2)24-10-15-43(38(52)45-19-18-44)17-16-41(6)25(30(24)43)8-9-28-39(4)13-12-29(40(5,21-46)27(39)11-14-42(28,41)7)55-37-35(32(49)26(47)20-53-37)56-36-34(51)33(50)31(48)23(3)54-36/h23-37,46-51H,1,8-21,44H2,2-7H3,(H,45,52)/t23-,24-,25?,26-,27?,28?,29-,30?,31-,32-,33+,34+,35+,36-,37-,39-,40-,41+,42+,43-/m0/s1. The molecule has 0 aromatic carbocycles. The number of ether oxygens (including phenoxy) is 4. The van der Waals surface area contributed by atoms with Gasteiger partial charge in [0.1, 0.15) is 36.6 Å². The zero-order valence-electron chi connectivity index (χ0n) is 34.6. The van der Waals surface area contributed by atoms with E-state index >= 15 is 0 Å². The number of carbonyl (C=O) groups excluding carboxylic acids is 1. The van der Waals surface area contributed by atoms with Gasteiger partial charge in [-0.1, -0.05) is 39.8 Å². The van der Waals surface area contributed by atoms with E-state index in [1.54, 1.807) is 6.92 Å². The molecule has 2 heterocycles. The molecule has 2 saturated heterocycles. The molecule has 1 amide bonds. The highest BCUT2D eigenvalue weighted by molar-refractivity contribution is 5.84. The molecule has 0 aromatic heterocycles. The largest absolute Gasteiger partial charge is 0.396 e. The summed E-state index contributed by atoms with van der Waals surface area (Å²) < 4.78 is 24.4. The van der Waals surface area contributed by atoms with Crippen molar-refractivity contribution >= 4 is 5.91 Å². The van der Waals surface area contributed by atoms with E-state index in [0.717, 1.165) is 57.8 Å². The fourth-order valence-electron chi connectivity index (χ4n) is 14.6. The number of hydrogen-bond donors (Lipinski definition) is 8. The van der Waals surface area contributed by atoms with Crippen molar-refractivity contribution in [1.82, 2.24) is 5.32 Å². The summed E-state index contributed by atoms with van der Waals surface area (Å²) in [5, 5.41) is 67.7. The molecule has 7 aliphatic rings. The molecule has 0 bridgehead atoms. The molecule has 320 valence electrons. The maximum atomic E-state index is 14.1. The van der Waals surface area contributed by atoms with Crippen LogP contribution in [0.15, 0.2) is 12.2 Å². The number of hydrogen-bond acceptors (Lipinski definition) is 12. The number of carbonyl (C=O) groups is 1. The quantitative estimate of drug-likeness (QED) is 0.125. The Balaban J connectivity index is 1.13. The predicted molar refractivity (Wildman–Crippen MR) is 206 cm³/mol. The molecule has 5 saturated carbocycles. The first-order valence-electron chi connectivity index (χ1n) is 21.6. The second kappa shape index (κ2) is 15.3. The Morgan fingerprint density at radius 3 is 2.25 bits per heavy atom. The molecule has 56 heavy (non-hydrogen) atoms. The lowest BCUT2D eigenvalue weighted by Crippen LogP contribution is -2.68.